The van der Waals surface area contributed by atoms with Crippen LogP contribution in [0.25, 0.3) is 5.69 Å². The third-order valence-corrected chi connectivity index (χ3v) is 5.10. The number of alkyl halides is 3. The van der Waals surface area contributed by atoms with Crippen molar-refractivity contribution in [2.24, 2.45) is 0 Å². The van der Waals surface area contributed by atoms with Gasteiger partial charge >= 0.3 is 6.18 Å². The molecule has 0 fully saturated rings. The van der Waals surface area contributed by atoms with Crippen LogP contribution in [0, 0.1) is 22.7 Å². The second-order valence-corrected chi connectivity index (χ2v) is 7.34. The summed E-state index contributed by atoms with van der Waals surface area (Å²) in [5.41, 5.74) is 2.29. The van der Waals surface area contributed by atoms with E-state index in [4.69, 9.17) is 15.3 Å². The molecule has 33 heavy (non-hydrogen) atoms. The van der Waals surface area contributed by atoms with Gasteiger partial charge in [-0.1, -0.05) is 0 Å². The normalized spacial score (nSPS) is 13.7. The number of carbonyl (C=O) groups excluding carboxylic acids is 1. The molecule has 1 aliphatic rings. The molecule has 3 heterocycles. The fourth-order valence-corrected chi connectivity index (χ4v) is 3.31. The number of ether oxygens (including phenoxy) is 1. The maximum atomic E-state index is 13.1. The molecule has 1 amide bonds. The molecule has 11 heteroatoms. The maximum Gasteiger partial charge on any atom is 0.425 e. The molecule has 0 bridgehead atoms. The quantitative estimate of drug-likeness (QED) is 0.600. The number of hydrogen-bond donors (Lipinski definition) is 0. The predicted molar refractivity (Wildman–Crippen MR) is 107 cm³/mol. The molecule has 0 radical (unpaired) electrons. The third-order valence-electron chi connectivity index (χ3n) is 5.10. The molecule has 2 aromatic heterocycles. The number of carbonyl (C=O) groups is 1. The largest absolute Gasteiger partial charge is 0.480 e. The molecule has 4 rings (SSSR count). The van der Waals surface area contributed by atoms with Gasteiger partial charge in [0, 0.05) is 18.3 Å². The molecule has 0 N–H and O–H groups in total. The SMILES string of the molecule is C[C@H](Oc1ccc(C#N)cc1C(=O)N1Cc2cn(-c3ccc(C#N)nc3)nc2C1)C(F)(F)F. The van der Waals surface area contributed by atoms with Crippen molar-refractivity contribution in [3.8, 4) is 23.6 Å². The second kappa shape index (κ2) is 8.28. The van der Waals surface area contributed by atoms with E-state index in [9.17, 15) is 18.0 Å². The molecule has 1 aliphatic heterocycles. The summed E-state index contributed by atoms with van der Waals surface area (Å²) < 4.78 is 45.5. The van der Waals surface area contributed by atoms with E-state index in [0.717, 1.165) is 12.5 Å². The van der Waals surface area contributed by atoms with Crippen molar-refractivity contribution in [1.29, 1.82) is 10.5 Å². The highest BCUT2D eigenvalue weighted by Crippen LogP contribution is 2.31. The van der Waals surface area contributed by atoms with Crippen LogP contribution in [0.3, 0.4) is 0 Å². The Kier molecular flexibility index (Phi) is 5.48. The van der Waals surface area contributed by atoms with Crippen LogP contribution >= 0.6 is 0 Å². The van der Waals surface area contributed by atoms with Crippen LogP contribution < -0.4 is 4.74 Å². The van der Waals surface area contributed by atoms with Crippen LogP contribution in [0.1, 0.15) is 39.8 Å². The number of amides is 1. The Labute approximate surface area is 186 Å². The summed E-state index contributed by atoms with van der Waals surface area (Å²) in [5, 5.41) is 22.5. The minimum atomic E-state index is -4.61. The first-order valence-electron chi connectivity index (χ1n) is 9.70. The standard InChI is InChI=1S/C22H15F3N6O2/c1-13(22(23,24)25)33-20-5-2-14(7-26)6-18(20)21(32)30-10-15-11-31(29-19(15)12-30)17-4-3-16(8-27)28-9-17/h2-6,9,11,13H,10,12H2,1H3/t13-/m0/s1. The number of nitriles is 2. The fourth-order valence-electron chi connectivity index (χ4n) is 3.31. The average molecular weight is 452 g/mol. The Morgan fingerprint density at radius 2 is 1.97 bits per heavy atom. The average Bonchev–Trinajstić information content (AvgIpc) is 3.38. The van der Waals surface area contributed by atoms with Gasteiger partial charge in [0.15, 0.2) is 6.10 Å². The molecule has 1 aromatic carbocycles. The first kappa shape index (κ1) is 21.8. The number of fused-ring (bicyclic) bond motifs is 1. The minimum Gasteiger partial charge on any atom is -0.480 e. The monoisotopic (exact) mass is 452 g/mol. The van der Waals surface area contributed by atoms with Crippen LogP contribution in [-0.2, 0) is 13.1 Å². The Morgan fingerprint density at radius 3 is 2.58 bits per heavy atom. The summed E-state index contributed by atoms with van der Waals surface area (Å²) in [5.74, 6) is -0.817. The van der Waals surface area contributed by atoms with Gasteiger partial charge in [0.05, 0.1) is 41.3 Å². The Hall–Kier alpha value is -4.38. The minimum absolute atomic E-state index is 0.125. The number of halogens is 3. The lowest BCUT2D eigenvalue weighted by molar-refractivity contribution is -0.189. The van der Waals surface area contributed by atoms with Gasteiger partial charge in [-0.3, -0.25) is 4.79 Å². The molecule has 0 unspecified atom stereocenters. The number of rotatable bonds is 4. The zero-order valence-electron chi connectivity index (χ0n) is 17.2. The highest BCUT2D eigenvalue weighted by atomic mass is 19.4. The second-order valence-electron chi connectivity index (χ2n) is 7.34. The van der Waals surface area contributed by atoms with Gasteiger partial charge in [-0.25, -0.2) is 9.67 Å². The molecule has 0 saturated carbocycles. The molecule has 166 valence electrons. The lowest BCUT2D eigenvalue weighted by atomic mass is 10.1. The highest BCUT2D eigenvalue weighted by Gasteiger charge is 2.39. The molecular formula is C22H15F3N6O2. The molecule has 0 spiro atoms. The molecule has 3 aromatic rings. The number of pyridine rings is 1. The van der Waals surface area contributed by atoms with Gasteiger partial charge in [0.1, 0.15) is 17.5 Å². The van der Waals surface area contributed by atoms with E-state index in [1.54, 1.807) is 23.0 Å². The summed E-state index contributed by atoms with van der Waals surface area (Å²) >= 11 is 0. The van der Waals surface area contributed by atoms with Gasteiger partial charge < -0.3 is 9.64 Å². The first-order chi connectivity index (χ1) is 15.7. The summed E-state index contributed by atoms with van der Waals surface area (Å²) in [6, 6.07) is 10.8. The molecule has 1 atom stereocenters. The molecule has 0 saturated heterocycles. The van der Waals surface area contributed by atoms with E-state index in [2.05, 4.69) is 10.1 Å². The van der Waals surface area contributed by atoms with Crippen LogP contribution in [-0.4, -0.2) is 37.9 Å². The zero-order valence-corrected chi connectivity index (χ0v) is 17.2. The van der Waals surface area contributed by atoms with E-state index in [-0.39, 0.29) is 35.7 Å². The van der Waals surface area contributed by atoms with Crippen molar-refractivity contribution in [2.45, 2.75) is 32.3 Å². The zero-order chi connectivity index (χ0) is 23.8. The fraction of sp³-hybridized carbons (Fsp3) is 0.227. The van der Waals surface area contributed by atoms with Gasteiger partial charge in [0.25, 0.3) is 5.91 Å². The predicted octanol–water partition coefficient (Wildman–Crippen LogP) is 3.50. The van der Waals surface area contributed by atoms with Crippen LogP contribution in [0.5, 0.6) is 5.75 Å². The number of aromatic nitrogens is 3. The summed E-state index contributed by atoms with van der Waals surface area (Å²) in [6.45, 7) is 1.16. The summed E-state index contributed by atoms with van der Waals surface area (Å²) in [6.07, 6.45) is -3.51. The van der Waals surface area contributed by atoms with Crippen molar-refractivity contribution in [1.82, 2.24) is 19.7 Å². The highest BCUT2D eigenvalue weighted by molar-refractivity contribution is 5.97. The smallest absolute Gasteiger partial charge is 0.425 e. The Balaban J connectivity index is 1.56. The van der Waals surface area contributed by atoms with Gasteiger partial charge in [-0.15, -0.1) is 0 Å². The van der Waals surface area contributed by atoms with Gasteiger partial charge in [0.2, 0.25) is 0 Å². The van der Waals surface area contributed by atoms with Crippen molar-refractivity contribution in [3.63, 3.8) is 0 Å². The number of nitrogens with zero attached hydrogens (tertiary/aromatic N) is 6. The van der Waals surface area contributed by atoms with Crippen molar-refractivity contribution in [3.05, 3.63) is 70.8 Å². The molecule has 8 nitrogen and oxygen atoms in total. The van der Waals surface area contributed by atoms with Crippen molar-refractivity contribution < 1.29 is 22.7 Å². The number of hydrogen-bond acceptors (Lipinski definition) is 6. The van der Waals surface area contributed by atoms with E-state index >= 15 is 0 Å². The Bertz CT molecular complexity index is 1280. The Morgan fingerprint density at radius 1 is 1.18 bits per heavy atom. The lowest BCUT2D eigenvalue weighted by Gasteiger charge is -2.22. The third kappa shape index (κ3) is 4.34. The summed E-state index contributed by atoms with van der Waals surface area (Å²) in [7, 11) is 0. The van der Waals surface area contributed by atoms with E-state index in [1.165, 1.54) is 29.3 Å². The maximum absolute atomic E-state index is 13.1. The first-order valence-corrected chi connectivity index (χ1v) is 9.70. The van der Waals surface area contributed by atoms with Crippen molar-refractivity contribution >= 4 is 5.91 Å². The molecular weight excluding hydrogens is 437 g/mol. The van der Waals surface area contributed by atoms with Crippen LogP contribution in [0.15, 0.2) is 42.7 Å². The van der Waals surface area contributed by atoms with Crippen LogP contribution in [0.2, 0.25) is 0 Å². The van der Waals surface area contributed by atoms with Crippen molar-refractivity contribution in [2.75, 3.05) is 0 Å². The van der Waals surface area contributed by atoms with Gasteiger partial charge in [-0.05, 0) is 37.3 Å². The van der Waals surface area contributed by atoms with E-state index < -0.39 is 18.2 Å². The lowest BCUT2D eigenvalue weighted by Crippen LogP contribution is -2.32. The van der Waals surface area contributed by atoms with Crippen LogP contribution in [0.4, 0.5) is 13.2 Å². The van der Waals surface area contributed by atoms with E-state index in [1.807, 2.05) is 12.1 Å². The summed E-state index contributed by atoms with van der Waals surface area (Å²) in [4.78, 5) is 18.6. The van der Waals surface area contributed by atoms with E-state index in [0.29, 0.717) is 11.4 Å². The van der Waals surface area contributed by atoms with Gasteiger partial charge in [-0.2, -0.15) is 28.8 Å². The topological polar surface area (TPSA) is 108 Å². The molecule has 0 aliphatic carbocycles. The number of benzene rings is 1.